The van der Waals surface area contributed by atoms with E-state index in [-0.39, 0.29) is 0 Å². The molecule has 1 radical (unpaired) electrons. The van der Waals surface area contributed by atoms with Gasteiger partial charge in [-0.2, -0.15) is 0 Å². The zero-order chi connectivity index (χ0) is 19.1. The van der Waals surface area contributed by atoms with Crippen molar-refractivity contribution in [2.45, 2.75) is 85.4 Å². The molecule has 5 heteroatoms. The first kappa shape index (κ1) is 24.5. The molecule has 145 valence electrons. The summed E-state index contributed by atoms with van der Waals surface area (Å²) in [7, 11) is 0. The molecule has 2 unspecified atom stereocenters. The van der Waals surface area contributed by atoms with Crippen molar-refractivity contribution in [3.8, 4) is 0 Å². The van der Waals surface area contributed by atoms with Crippen LogP contribution in [0.15, 0.2) is 12.2 Å². The van der Waals surface area contributed by atoms with Crippen LogP contribution in [0.25, 0.3) is 0 Å². The van der Waals surface area contributed by atoms with Gasteiger partial charge in [-0.25, -0.2) is 0 Å². The Labute approximate surface area is 160 Å². The Balaban J connectivity index is 0.000000462. The minimum atomic E-state index is -1.06. The molecule has 25 heavy (non-hydrogen) atoms. The van der Waals surface area contributed by atoms with Crippen LogP contribution in [0.4, 0.5) is 0 Å². The van der Waals surface area contributed by atoms with Gasteiger partial charge in [0.25, 0.3) is 0 Å². The van der Waals surface area contributed by atoms with Crippen LogP contribution in [0.3, 0.4) is 0 Å². The summed E-state index contributed by atoms with van der Waals surface area (Å²) in [5.74, 6) is -3.69. The molecule has 0 fully saturated rings. The first-order chi connectivity index (χ1) is 12.0. The molecule has 1 aliphatic carbocycles. The molecule has 0 aliphatic heterocycles. The molecule has 0 aromatic rings. The molecule has 0 saturated heterocycles. The monoisotopic (exact) mass is 461 g/mol. The fraction of sp³-hybridized carbons (Fsp3) is 0.800. The van der Waals surface area contributed by atoms with Crippen LogP contribution >= 0.6 is 0 Å². The fourth-order valence-electron chi connectivity index (χ4n) is 3.02. The zero-order valence-electron chi connectivity index (χ0n) is 16.3. The van der Waals surface area contributed by atoms with Crippen molar-refractivity contribution in [2.24, 2.45) is 11.8 Å². The normalized spacial score (nSPS) is 19.4. The van der Waals surface area contributed by atoms with E-state index in [9.17, 15) is 9.59 Å². The predicted molar refractivity (Wildman–Crippen MR) is 106 cm³/mol. The second kappa shape index (κ2) is 15.7. The average Bonchev–Trinajstić information content (AvgIpc) is 2.61. The number of allylic oxidation sites excluding steroid dienone is 1. The average molecular weight is 460 g/mol. The summed E-state index contributed by atoms with van der Waals surface area (Å²) in [5, 5.41) is 17.3. The molecule has 0 heterocycles. The van der Waals surface area contributed by atoms with E-state index in [2.05, 4.69) is 20.8 Å². The number of carboxylic acid groups (broad SMARTS) is 2. The first-order valence-electron chi connectivity index (χ1n) is 9.93. The SMILES string of the molecule is CCC[CH2][Sn]([CH2]CCC)[CH2]CCC.O=C(O)C1C=CCCC1C(=O)O. The number of hydrogen-bond donors (Lipinski definition) is 2. The predicted octanol–water partition coefficient (Wildman–Crippen LogP) is 5.62. The third-order valence-electron chi connectivity index (χ3n) is 4.68. The third-order valence-corrected chi connectivity index (χ3v) is 13.8. The Morgan fingerprint density at radius 1 is 0.920 bits per heavy atom. The molecule has 1 rings (SSSR count). The van der Waals surface area contributed by atoms with Crippen LogP contribution in [0, 0.1) is 11.8 Å². The van der Waals surface area contributed by atoms with Gasteiger partial charge >= 0.3 is 104 Å². The topological polar surface area (TPSA) is 74.6 Å². The minimum absolute atomic E-state index is 0.419. The second-order valence-corrected chi connectivity index (χ2v) is 15.4. The summed E-state index contributed by atoms with van der Waals surface area (Å²) < 4.78 is 5.04. The van der Waals surface area contributed by atoms with Crippen LogP contribution in [-0.2, 0) is 9.59 Å². The molecule has 0 spiro atoms. The van der Waals surface area contributed by atoms with E-state index in [1.165, 1.54) is 44.6 Å². The Morgan fingerprint density at radius 2 is 1.40 bits per heavy atom. The van der Waals surface area contributed by atoms with Crippen LogP contribution in [0.1, 0.15) is 72.1 Å². The maximum Gasteiger partial charge on any atom is 0.311 e. The van der Waals surface area contributed by atoms with Gasteiger partial charge in [0, 0.05) is 0 Å². The Hall–Kier alpha value is -0.521. The minimum Gasteiger partial charge on any atom is -0.481 e. The van der Waals surface area contributed by atoms with Gasteiger partial charge in [-0.05, 0) is 12.8 Å². The van der Waals surface area contributed by atoms with Crippen LogP contribution < -0.4 is 0 Å². The van der Waals surface area contributed by atoms with E-state index >= 15 is 0 Å². The second-order valence-electron chi connectivity index (χ2n) is 6.87. The molecule has 0 aromatic heterocycles. The van der Waals surface area contributed by atoms with E-state index in [4.69, 9.17) is 10.2 Å². The number of aliphatic carboxylic acids is 2. The molecule has 2 N–H and O–H groups in total. The van der Waals surface area contributed by atoms with E-state index in [1.54, 1.807) is 19.4 Å². The van der Waals surface area contributed by atoms with Gasteiger partial charge in [0.15, 0.2) is 0 Å². The molecule has 0 saturated carbocycles. The van der Waals surface area contributed by atoms with Gasteiger partial charge in [0.05, 0.1) is 11.8 Å². The number of hydrogen-bond acceptors (Lipinski definition) is 2. The van der Waals surface area contributed by atoms with Crippen molar-refractivity contribution in [1.29, 1.82) is 0 Å². The summed E-state index contributed by atoms with van der Waals surface area (Å²) >= 11 is -0.839. The number of unbranched alkanes of at least 4 members (excludes halogenated alkanes) is 3. The Bertz CT molecular complexity index is 376. The van der Waals surface area contributed by atoms with Crippen molar-refractivity contribution in [1.82, 2.24) is 0 Å². The van der Waals surface area contributed by atoms with Crippen molar-refractivity contribution < 1.29 is 19.8 Å². The smallest absolute Gasteiger partial charge is 0.311 e. The Morgan fingerprint density at radius 3 is 1.72 bits per heavy atom. The number of rotatable bonds is 11. The molecule has 0 aromatic carbocycles. The van der Waals surface area contributed by atoms with Gasteiger partial charge in [0.1, 0.15) is 0 Å². The van der Waals surface area contributed by atoms with Gasteiger partial charge in [-0.15, -0.1) is 0 Å². The molecule has 1 aliphatic rings. The van der Waals surface area contributed by atoms with Gasteiger partial charge in [0.2, 0.25) is 0 Å². The maximum atomic E-state index is 10.6. The molecular formula is C20H37O4Sn. The standard InChI is InChI=1S/C8H10O4.3C4H9.Sn/c9-7(10)5-3-1-2-4-6(5)8(11)12;3*1-3-4-2;/h1,3,5-6H,2,4H2,(H,9,10)(H,11,12);3*1,3-4H2,2H3;. The van der Waals surface area contributed by atoms with E-state index < -0.39 is 43.5 Å². The molecule has 0 amide bonds. The molecule has 2 atom stereocenters. The first-order valence-corrected chi connectivity index (χ1v) is 16.0. The van der Waals surface area contributed by atoms with Crippen LogP contribution in [0.5, 0.6) is 0 Å². The van der Waals surface area contributed by atoms with Gasteiger partial charge < -0.3 is 10.2 Å². The molecular weight excluding hydrogens is 423 g/mol. The summed E-state index contributed by atoms with van der Waals surface area (Å²) in [5.41, 5.74) is 0. The van der Waals surface area contributed by atoms with Gasteiger partial charge in [-0.1, -0.05) is 12.2 Å². The van der Waals surface area contributed by atoms with Crippen molar-refractivity contribution >= 4 is 31.7 Å². The summed E-state index contributed by atoms with van der Waals surface area (Å²) in [4.78, 5) is 21.1. The van der Waals surface area contributed by atoms with Crippen LogP contribution in [-0.4, -0.2) is 41.9 Å². The summed E-state index contributed by atoms with van der Waals surface area (Å²) in [6.07, 6.45) is 13.1. The maximum absolute atomic E-state index is 10.6. The van der Waals surface area contributed by atoms with Crippen LogP contribution in [0.2, 0.25) is 13.3 Å². The summed E-state index contributed by atoms with van der Waals surface area (Å²) in [6, 6.07) is 0. The zero-order valence-corrected chi connectivity index (χ0v) is 19.2. The fourth-order valence-corrected chi connectivity index (χ4v) is 12.5. The third kappa shape index (κ3) is 11.7. The molecule has 4 nitrogen and oxygen atoms in total. The van der Waals surface area contributed by atoms with Crippen molar-refractivity contribution in [3.63, 3.8) is 0 Å². The number of carbonyl (C=O) groups is 2. The van der Waals surface area contributed by atoms with Crippen molar-refractivity contribution in [2.75, 3.05) is 0 Å². The van der Waals surface area contributed by atoms with E-state index in [1.807, 2.05) is 0 Å². The van der Waals surface area contributed by atoms with E-state index in [0.717, 1.165) is 0 Å². The summed E-state index contributed by atoms with van der Waals surface area (Å²) in [6.45, 7) is 7.00. The Kier molecular flexibility index (Phi) is 15.4. The van der Waals surface area contributed by atoms with E-state index in [0.29, 0.717) is 12.8 Å². The number of carboxylic acids is 2. The van der Waals surface area contributed by atoms with Gasteiger partial charge in [-0.3, -0.25) is 9.59 Å². The molecule has 0 bridgehead atoms. The van der Waals surface area contributed by atoms with Crippen molar-refractivity contribution in [3.05, 3.63) is 12.2 Å². The quantitative estimate of drug-likeness (QED) is 0.310. The largest absolute Gasteiger partial charge is 0.481 e.